The Bertz CT molecular complexity index is 434. The number of hydrogen-bond donors (Lipinski definition) is 1. The molecule has 0 aliphatic carbocycles. The number of rotatable bonds is 4. The molecule has 1 aliphatic heterocycles. The predicted octanol–water partition coefficient (Wildman–Crippen LogP) is 2.78. The van der Waals surface area contributed by atoms with E-state index in [1.54, 1.807) is 0 Å². The molecule has 1 N–H and O–H groups in total. The number of carbonyl (C=O) groups is 1. The van der Waals surface area contributed by atoms with Crippen molar-refractivity contribution >= 4 is 6.09 Å². The van der Waals surface area contributed by atoms with E-state index in [4.69, 9.17) is 4.74 Å². The number of benzene rings is 1. The lowest BCUT2D eigenvalue weighted by Gasteiger charge is -2.39. The molecule has 1 heterocycles. The zero-order valence-corrected chi connectivity index (χ0v) is 11.7. The topological polar surface area (TPSA) is 53.1 Å². The second-order valence-electron chi connectivity index (χ2n) is 5.95. The minimum absolute atomic E-state index is 0.0236. The molecule has 0 aromatic heterocycles. The van der Waals surface area contributed by atoms with Crippen LogP contribution in [0, 0.1) is 0 Å². The molecule has 4 nitrogen and oxygen atoms in total. The van der Waals surface area contributed by atoms with E-state index < -0.39 is 11.6 Å². The molecule has 1 aliphatic rings. The highest BCUT2D eigenvalue weighted by molar-refractivity contribution is 5.66. The zero-order chi connectivity index (χ0) is 14.0. The van der Waals surface area contributed by atoms with Crippen LogP contribution in [0.2, 0.25) is 0 Å². The highest BCUT2D eigenvalue weighted by atomic mass is 16.6. The molecule has 0 bridgehead atoms. The van der Waals surface area contributed by atoms with Crippen molar-refractivity contribution in [2.45, 2.75) is 44.9 Å². The van der Waals surface area contributed by atoms with Crippen molar-refractivity contribution in [1.82, 2.24) is 4.90 Å². The minimum Gasteiger partial charge on any atom is -0.465 e. The zero-order valence-electron chi connectivity index (χ0n) is 11.7. The van der Waals surface area contributed by atoms with Crippen LogP contribution in [0.25, 0.3) is 0 Å². The number of carboxylic acid groups (broad SMARTS) is 1. The Balaban J connectivity index is 2.21. The predicted molar refractivity (Wildman–Crippen MR) is 73.3 cm³/mol. The fraction of sp³-hybridized carbons (Fsp3) is 0.533. The molecule has 19 heavy (non-hydrogen) atoms. The SMILES string of the molecule is CC(C)(C)N(C(=O)O)[C@@H](Cc1ccccc1)C1CO1. The van der Waals surface area contributed by atoms with E-state index in [-0.39, 0.29) is 12.1 Å². The molecule has 4 heteroatoms. The molecule has 104 valence electrons. The van der Waals surface area contributed by atoms with Crippen LogP contribution in [0.1, 0.15) is 26.3 Å². The van der Waals surface area contributed by atoms with Crippen molar-refractivity contribution in [3.63, 3.8) is 0 Å². The normalized spacial score (nSPS) is 19.8. The Labute approximate surface area is 114 Å². The summed E-state index contributed by atoms with van der Waals surface area (Å²) in [6.45, 7) is 6.40. The molecular formula is C15H21NO3. The molecular weight excluding hydrogens is 242 g/mol. The van der Waals surface area contributed by atoms with Crippen molar-refractivity contribution < 1.29 is 14.6 Å². The molecule has 0 saturated carbocycles. The number of amides is 1. The number of epoxide rings is 1. The summed E-state index contributed by atoms with van der Waals surface area (Å²) in [7, 11) is 0. The Morgan fingerprint density at radius 1 is 1.42 bits per heavy atom. The Hall–Kier alpha value is -1.55. The van der Waals surface area contributed by atoms with Gasteiger partial charge in [-0.3, -0.25) is 4.90 Å². The maximum atomic E-state index is 11.6. The monoisotopic (exact) mass is 263 g/mol. The third-order valence-electron chi connectivity index (χ3n) is 3.34. The summed E-state index contributed by atoms with van der Waals surface area (Å²) in [5, 5.41) is 9.50. The summed E-state index contributed by atoms with van der Waals surface area (Å²) in [6.07, 6.45) is -0.172. The third-order valence-corrected chi connectivity index (χ3v) is 3.34. The molecule has 2 rings (SSSR count). The largest absolute Gasteiger partial charge is 0.465 e. The standard InChI is InChI=1S/C15H21NO3/c1-15(2,3)16(14(17)18)12(13-10-19-13)9-11-7-5-4-6-8-11/h4-8,12-13H,9-10H2,1-3H3,(H,17,18)/t12-,13?/m0/s1. The summed E-state index contributed by atoms with van der Waals surface area (Å²) >= 11 is 0. The van der Waals surface area contributed by atoms with E-state index in [0.29, 0.717) is 13.0 Å². The summed E-state index contributed by atoms with van der Waals surface area (Å²) in [5.74, 6) is 0. The van der Waals surface area contributed by atoms with Crippen LogP contribution in [0.5, 0.6) is 0 Å². The Morgan fingerprint density at radius 2 is 2.00 bits per heavy atom. The van der Waals surface area contributed by atoms with Crippen LogP contribution in [-0.2, 0) is 11.2 Å². The molecule has 1 unspecified atom stereocenters. The molecule has 0 spiro atoms. The number of ether oxygens (including phenoxy) is 1. The van der Waals surface area contributed by atoms with Gasteiger partial charge in [-0.25, -0.2) is 4.79 Å². The third kappa shape index (κ3) is 3.47. The van der Waals surface area contributed by atoms with Crippen LogP contribution < -0.4 is 0 Å². The van der Waals surface area contributed by atoms with Crippen LogP contribution in [0.4, 0.5) is 4.79 Å². The molecule has 0 radical (unpaired) electrons. The summed E-state index contributed by atoms with van der Waals surface area (Å²) in [6, 6.07) is 9.84. The van der Waals surface area contributed by atoms with E-state index in [9.17, 15) is 9.90 Å². The lowest BCUT2D eigenvalue weighted by Crippen LogP contribution is -2.54. The van der Waals surface area contributed by atoms with E-state index in [0.717, 1.165) is 5.56 Å². The van der Waals surface area contributed by atoms with E-state index in [1.165, 1.54) is 4.90 Å². The molecule has 1 aromatic carbocycles. The first kappa shape index (κ1) is 13.9. The molecule has 1 saturated heterocycles. The molecule has 1 fully saturated rings. The maximum Gasteiger partial charge on any atom is 0.408 e. The van der Waals surface area contributed by atoms with Gasteiger partial charge in [0.25, 0.3) is 0 Å². The lowest BCUT2D eigenvalue weighted by atomic mass is 9.96. The van der Waals surface area contributed by atoms with Gasteiger partial charge in [-0.05, 0) is 32.8 Å². The molecule has 1 amide bonds. The minimum atomic E-state index is -0.885. The van der Waals surface area contributed by atoms with Gasteiger partial charge in [-0.1, -0.05) is 30.3 Å². The Morgan fingerprint density at radius 3 is 2.42 bits per heavy atom. The summed E-state index contributed by atoms with van der Waals surface area (Å²) in [5.41, 5.74) is 0.704. The second-order valence-corrected chi connectivity index (χ2v) is 5.95. The average molecular weight is 263 g/mol. The molecule has 1 aromatic rings. The first-order valence-electron chi connectivity index (χ1n) is 6.57. The van der Waals surface area contributed by atoms with Gasteiger partial charge in [0, 0.05) is 5.54 Å². The van der Waals surface area contributed by atoms with Gasteiger partial charge in [0.15, 0.2) is 0 Å². The van der Waals surface area contributed by atoms with E-state index >= 15 is 0 Å². The average Bonchev–Trinajstić information content (AvgIpc) is 3.10. The Kier molecular flexibility index (Phi) is 3.80. The van der Waals surface area contributed by atoms with Crippen LogP contribution in [-0.4, -0.2) is 40.4 Å². The highest BCUT2D eigenvalue weighted by Crippen LogP contribution is 2.28. The highest BCUT2D eigenvalue weighted by Gasteiger charge is 2.43. The van der Waals surface area contributed by atoms with E-state index in [2.05, 4.69) is 0 Å². The quantitative estimate of drug-likeness (QED) is 0.850. The van der Waals surface area contributed by atoms with Crippen molar-refractivity contribution in [1.29, 1.82) is 0 Å². The van der Waals surface area contributed by atoms with Gasteiger partial charge in [0.05, 0.1) is 12.6 Å². The lowest BCUT2D eigenvalue weighted by molar-refractivity contribution is 0.0594. The smallest absolute Gasteiger partial charge is 0.408 e. The van der Waals surface area contributed by atoms with Crippen molar-refractivity contribution in [3.8, 4) is 0 Å². The molecule has 2 atom stereocenters. The first-order valence-corrected chi connectivity index (χ1v) is 6.57. The van der Waals surface area contributed by atoms with Gasteiger partial charge >= 0.3 is 6.09 Å². The van der Waals surface area contributed by atoms with Gasteiger partial charge in [-0.2, -0.15) is 0 Å². The van der Waals surface area contributed by atoms with Crippen LogP contribution in [0.3, 0.4) is 0 Å². The van der Waals surface area contributed by atoms with Crippen molar-refractivity contribution in [3.05, 3.63) is 35.9 Å². The second kappa shape index (κ2) is 5.21. The van der Waals surface area contributed by atoms with Gasteiger partial charge in [0.1, 0.15) is 6.10 Å². The fourth-order valence-corrected chi connectivity index (χ4v) is 2.45. The van der Waals surface area contributed by atoms with Crippen LogP contribution in [0.15, 0.2) is 30.3 Å². The summed E-state index contributed by atoms with van der Waals surface area (Å²) in [4.78, 5) is 13.1. The van der Waals surface area contributed by atoms with Gasteiger partial charge < -0.3 is 9.84 Å². The number of hydrogen-bond acceptors (Lipinski definition) is 2. The van der Waals surface area contributed by atoms with E-state index in [1.807, 2.05) is 51.1 Å². The number of nitrogens with zero attached hydrogens (tertiary/aromatic N) is 1. The van der Waals surface area contributed by atoms with Gasteiger partial charge in [-0.15, -0.1) is 0 Å². The fourth-order valence-electron chi connectivity index (χ4n) is 2.45. The van der Waals surface area contributed by atoms with Gasteiger partial charge in [0.2, 0.25) is 0 Å². The van der Waals surface area contributed by atoms with Crippen LogP contribution >= 0.6 is 0 Å². The maximum absolute atomic E-state index is 11.6. The van der Waals surface area contributed by atoms with Crippen molar-refractivity contribution in [2.24, 2.45) is 0 Å². The van der Waals surface area contributed by atoms with Crippen molar-refractivity contribution in [2.75, 3.05) is 6.61 Å². The first-order chi connectivity index (χ1) is 8.89. The summed E-state index contributed by atoms with van der Waals surface area (Å²) < 4.78 is 5.36.